The van der Waals surface area contributed by atoms with Crippen molar-refractivity contribution in [3.8, 4) is 0 Å². The molecule has 1 aliphatic carbocycles. The van der Waals surface area contributed by atoms with Gasteiger partial charge in [-0.3, -0.25) is 4.79 Å². The van der Waals surface area contributed by atoms with Crippen molar-refractivity contribution < 1.29 is 17.9 Å². The third kappa shape index (κ3) is 3.02. The Morgan fingerprint density at radius 3 is 2.56 bits per heavy atom. The molecule has 1 saturated carbocycles. The minimum atomic E-state index is -3.20. The van der Waals surface area contributed by atoms with E-state index in [1.807, 2.05) is 4.90 Å². The number of hydrogen-bond donors (Lipinski definition) is 0. The van der Waals surface area contributed by atoms with Crippen LogP contribution in [0.15, 0.2) is 0 Å². The normalized spacial score (nSPS) is 41.8. The molecule has 3 saturated heterocycles. The molecule has 3 aliphatic heterocycles. The van der Waals surface area contributed by atoms with E-state index in [1.165, 1.54) is 0 Å². The molecule has 0 aromatic carbocycles. The summed E-state index contributed by atoms with van der Waals surface area (Å²) in [7, 11) is -3.20. The highest BCUT2D eigenvalue weighted by Crippen LogP contribution is 2.47. The number of ether oxygens (including phenoxy) is 1. The zero-order valence-electron chi connectivity index (χ0n) is 15.3. The predicted octanol–water partition coefficient (Wildman–Crippen LogP) is 1.46. The number of nitrogens with zero attached hydrogens (tertiary/aromatic N) is 2. The van der Waals surface area contributed by atoms with Crippen LogP contribution in [-0.2, 0) is 19.6 Å². The van der Waals surface area contributed by atoms with Crippen molar-refractivity contribution in [2.75, 3.05) is 31.9 Å². The molecule has 4 fully saturated rings. The summed E-state index contributed by atoms with van der Waals surface area (Å²) < 4.78 is 32.4. The van der Waals surface area contributed by atoms with Gasteiger partial charge in [-0.2, -0.15) is 4.31 Å². The van der Waals surface area contributed by atoms with E-state index < -0.39 is 15.6 Å². The SMILES string of the molecule is CCS(=O)(=O)N1CC2C[C@@H]3CN(C(=O)C4CCC(C)CC4)C[C@@]2(C1)O3. The van der Waals surface area contributed by atoms with Gasteiger partial charge in [0.1, 0.15) is 5.60 Å². The van der Waals surface area contributed by atoms with Gasteiger partial charge in [0.05, 0.1) is 18.4 Å². The van der Waals surface area contributed by atoms with Crippen LogP contribution in [0.25, 0.3) is 0 Å². The lowest BCUT2D eigenvalue weighted by Gasteiger charge is -2.42. The van der Waals surface area contributed by atoms with Crippen molar-refractivity contribution in [2.24, 2.45) is 17.8 Å². The van der Waals surface area contributed by atoms with Gasteiger partial charge in [-0.25, -0.2) is 8.42 Å². The first-order valence-electron chi connectivity index (χ1n) is 9.77. The Labute approximate surface area is 150 Å². The highest BCUT2D eigenvalue weighted by Gasteiger charge is 2.60. The maximum Gasteiger partial charge on any atom is 0.225 e. The summed E-state index contributed by atoms with van der Waals surface area (Å²) in [5.41, 5.74) is -0.469. The molecular weight excluding hydrogens is 340 g/mol. The number of carbonyl (C=O) groups excluding carboxylic acids is 1. The molecule has 7 heteroatoms. The number of amides is 1. The lowest BCUT2D eigenvalue weighted by atomic mass is 9.82. The number of likely N-dealkylation sites (tertiary alicyclic amines) is 1. The molecule has 0 aromatic heterocycles. The van der Waals surface area contributed by atoms with E-state index in [0.717, 1.165) is 38.0 Å². The summed E-state index contributed by atoms with van der Waals surface area (Å²) in [5.74, 6) is 1.51. The van der Waals surface area contributed by atoms with Crippen molar-refractivity contribution in [1.29, 1.82) is 0 Å². The first-order valence-corrected chi connectivity index (χ1v) is 11.4. The van der Waals surface area contributed by atoms with Gasteiger partial charge in [0.25, 0.3) is 0 Å². The van der Waals surface area contributed by atoms with Gasteiger partial charge >= 0.3 is 0 Å². The molecule has 1 spiro atoms. The molecule has 0 N–H and O–H groups in total. The fraction of sp³-hybridized carbons (Fsp3) is 0.944. The van der Waals surface area contributed by atoms with Crippen LogP contribution in [0.4, 0.5) is 0 Å². The van der Waals surface area contributed by atoms with Gasteiger partial charge in [-0.05, 0) is 44.9 Å². The second kappa shape index (κ2) is 6.20. The molecule has 1 amide bonds. The first kappa shape index (κ1) is 17.7. The van der Waals surface area contributed by atoms with Crippen LogP contribution in [0.3, 0.4) is 0 Å². The summed E-state index contributed by atoms with van der Waals surface area (Å²) in [5, 5.41) is 0. The van der Waals surface area contributed by atoms with Crippen molar-refractivity contribution in [2.45, 2.75) is 57.7 Å². The van der Waals surface area contributed by atoms with Gasteiger partial charge < -0.3 is 9.64 Å². The summed E-state index contributed by atoms with van der Waals surface area (Å²) in [6.07, 6.45) is 5.22. The molecule has 3 heterocycles. The maximum atomic E-state index is 13.0. The monoisotopic (exact) mass is 370 g/mol. The minimum absolute atomic E-state index is 0.0803. The Balaban J connectivity index is 1.48. The number of fused-ring (bicyclic) bond motifs is 1. The molecule has 4 aliphatic rings. The van der Waals surface area contributed by atoms with Crippen LogP contribution in [0.1, 0.15) is 46.0 Å². The number of rotatable bonds is 3. The lowest BCUT2D eigenvalue weighted by molar-refractivity contribution is -0.156. The number of hydrogen-bond acceptors (Lipinski definition) is 4. The standard InChI is InChI=1S/C18H30N2O4S/c1-3-25(22,23)20-9-15-8-16-10-19(11-18(15,12-20)24-16)17(21)14-6-4-13(2)5-7-14/h13-16H,3-12H2,1-2H3/t13?,14?,15?,16-,18+/m1/s1. The molecule has 0 aromatic rings. The Hall–Kier alpha value is -0.660. The molecule has 142 valence electrons. The van der Waals surface area contributed by atoms with E-state index in [9.17, 15) is 13.2 Å². The summed E-state index contributed by atoms with van der Waals surface area (Å²) in [6, 6.07) is 0. The molecule has 2 bridgehead atoms. The minimum Gasteiger partial charge on any atom is -0.366 e. The van der Waals surface area contributed by atoms with Gasteiger partial charge in [0.2, 0.25) is 15.9 Å². The number of sulfonamides is 1. The van der Waals surface area contributed by atoms with Gasteiger partial charge in [-0.1, -0.05) is 6.92 Å². The molecular formula is C18H30N2O4S. The molecule has 3 atom stereocenters. The Bertz CT molecular complexity index is 643. The van der Waals surface area contributed by atoms with E-state index >= 15 is 0 Å². The molecule has 4 rings (SSSR count). The Morgan fingerprint density at radius 2 is 1.88 bits per heavy atom. The largest absolute Gasteiger partial charge is 0.366 e. The highest BCUT2D eigenvalue weighted by atomic mass is 32.2. The van der Waals surface area contributed by atoms with Gasteiger partial charge in [0, 0.05) is 31.5 Å². The van der Waals surface area contributed by atoms with Crippen LogP contribution in [0.5, 0.6) is 0 Å². The van der Waals surface area contributed by atoms with Crippen LogP contribution < -0.4 is 0 Å². The van der Waals surface area contributed by atoms with Crippen LogP contribution in [0, 0.1) is 17.8 Å². The van der Waals surface area contributed by atoms with E-state index in [2.05, 4.69) is 6.92 Å². The zero-order valence-corrected chi connectivity index (χ0v) is 16.1. The first-order chi connectivity index (χ1) is 11.8. The van der Waals surface area contributed by atoms with Crippen molar-refractivity contribution in [3.05, 3.63) is 0 Å². The number of morpholine rings is 1. The predicted molar refractivity (Wildman–Crippen MR) is 94.4 cm³/mol. The van der Waals surface area contributed by atoms with Crippen LogP contribution in [0.2, 0.25) is 0 Å². The summed E-state index contributed by atoms with van der Waals surface area (Å²) in [4.78, 5) is 15.0. The van der Waals surface area contributed by atoms with Crippen molar-refractivity contribution >= 4 is 15.9 Å². The highest BCUT2D eigenvalue weighted by molar-refractivity contribution is 7.89. The summed E-state index contributed by atoms with van der Waals surface area (Å²) in [6.45, 7) is 6.16. The average Bonchev–Trinajstić information content (AvgIpc) is 3.04. The van der Waals surface area contributed by atoms with Crippen LogP contribution >= 0.6 is 0 Å². The van der Waals surface area contributed by atoms with E-state index in [-0.39, 0.29) is 29.6 Å². The second-order valence-corrected chi connectivity index (χ2v) is 10.9. The van der Waals surface area contributed by atoms with Gasteiger partial charge in [0.15, 0.2) is 0 Å². The van der Waals surface area contributed by atoms with Crippen molar-refractivity contribution in [3.63, 3.8) is 0 Å². The lowest BCUT2D eigenvalue weighted by Crippen LogP contribution is -2.57. The molecule has 25 heavy (non-hydrogen) atoms. The zero-order chi connectivity index (χ0) is 17.8. The fourth-order valence-electron chi connectivity index (χ4n) is 5.31. The summed E-state index contributed by atoms with van der Waals surface area (Å²) >= 11 is 0. The maximum absolute atomic E-state index is 13.0. The molecule has 6 nitrogen and oxygen atoms in total. The quantitative estimate of drug-likeness (QED) is 0.754. The van der Waals surface area contributed by atoms with E-state index in [4.69, 9.17) is 4.74 Å². The second-order valence-electron chi connectivity index (χ2n) is 8.61. The Morgan fingerprint density at radius 1 is 1.16 bits per heavy atom. The Kier molecular flexibility index (Phi) is 4.40. The fourth-order valence-corrected chi connectivity index (χ4v) is 6.50. The third-order valence-electron chi connectivity index (χ3n) is 6.88. The number of carbonyl (C=O) groups is 1. The molecule has 1 unspecified atom stereocenters. The molecule has 0 radical (unpaired) electrons. The van der Waals surface area contributed by atoms with Crippen LogP contribution in [-0.4, -0.2) is 67.2 Å². The van der Waals surface area contributed by atoms with Crippen molar-refractivity contribution in [1.82, 2.24) is 9.21 Å². The average molecular weight is 371 g/mol. The topological polar surface area (TPSA) is 66.9 Å². The van der Waals surface area contributed by atoms with E-state index in [0.29, 0.717) is 26.2 Å². The van der Waals surface area contributed by atoms with Gasteiger partial charge in [-0.15, -0.1) is 0 Å². The third-order valence-corrected chi connectivity index (χ3v) is 8.67. The van der Waals surface area contributed by atoms with E-state index in [1.54, 1.807) is 11.2 Å². The smallest absolute Gasteiger partial charge is 0.225 e.